The Labute approximate surface area is 125 Å². The van der Waals surface area contributed by atoms with Crippen LogP contribution in [0.4, 0.5) is 5.13 Å². The van der Waals surface area contributed by atoms with Gasteiger partial charge in [0.15, 0.2) is 5.13 Å². The van der Waals surface area contributed by atoms with Gasteiger partial charge in [-0.1, -0.05) is 6.92 Å². The molecule has 0 radical (unpaired) electrons. The van der Waals surface area contributed by atoms with Crippen molar-refractivity contribution in [3.05, 3.63) is 10.6 Å². The van der Waals surface area contributed by atoms with Gasteiger partial charge in [0.25, 0.3) is 0 Å². The van der Waals surface area contributed by atoms with Gasteiger partial charge < -0.3 is 15.0 Å². The predicted octanol–water partition coefficient (Wildman–Crippen LogP) is 2.75. The molecule has 2 fully saturated rings. The summed E-state index contributed by atoms with van der Waals surface area (Å²) in [6.07, 6.45) is 4.95. The highest BCUT2D eigenvalue weighted by Gasteiger charge is 2.31. The average molecular weight is 295 g/mol. The van der Waals surface area contributed by atoms with Crippen molar-refractivity contribution in [2.24, 2.45) is 0 Å². The van der Waals surface area contributed by atoms with Crippen LogP contribution in [0.1, 0.15) is 49.1 Å². The van der Waals surface area contributed by atoms with E-state index >= 15 is 0 Å². The Balaban J connectivity index is 1.72. The molecule has 20 heavy (non-hydrogen) atoms. The number of thiazole rings is 1. The van der Waals surface area contributed by atoms with Gasteiger partial charge in [-0.25, -0.2) is 4.98 Å². The molecule has 1 aromatic heterocycles. The first-order valence-corrected chi connectivity index (χ1v) is 8.62. The van der Waals surface area contributed by atoms with Crippen molar-refractivity contribution in [1.82, 2.24) is 10.3 Å². The van der Waals surface area contributed by atoms with Gasteiger partial charge >= 0.3 is 0 Å². The standard InChI is InChI=1S/C15H25N3OS/c1-3-7-16-9-13-14(11-4-5-11)17-15(20-13)18(2)12-6-8-19-10-12/h11-12,16H,3-10H2,1-2H3. The molecule has 0 aromatic carbocycles. The Morgan fingerprint density at radius 2 is 2.25 bits per heavy atom. The second kappa shape index (κ2) is 6.41. The summed E-state index contributed by atoms with van der Waals surface area (Å²) < 4.78 is 5.50. The third-order valence-electron chi connectivity index (χ3n) is 4.15. The van der Waals surface area contributed by atoms with Crippen molar-refractivity contribution in [3.63, 3.8) is 0 Å². The van der Waals surface area contributed by atoms with E-state index in [1.165, 1.54) is 35.0 Å². The van der Waals surface area contributed by atoms with Crippen LogP contribution < -0.4 is 10.2 Å². The molecule has 2 aliphatic rings. The van der Waals surface area contributed by atoms with Crippen LogP contribution in [-0.4, -0.2) is 37.8 Å². The lowest BCUT2D eigenvalue weighted by Crippen LogP contribution is -2.31. The second-order valence-corrected chi connectivity index (χ2v) is 6.95. The van der Waals surface area contributed by atoms with Crippen molar-refractivity contribution in [2.45, 2.75) is 51.1 Å². The summed E-state index contributed by atoms with van der Waals surface area (Å²) in [7, 11) is 2.16. The zero-order chi connectivity index (χ0) is 13.9. The van der Waals surface area contributed by atoms with E-state index in [4.69, 9.17) is 9.72 Å². The zero-order valence-electron chi connectivity index (χ0n) is 12.5. The lowest BCUT2D eigenvalue weighted by Gasteiger charge is -2.21. The van der Waals surface area contributed by atoms with Crippen LogP contribution >= 0.6 is 11.3 Å². The van der Waals surface area contributed by atoms with E-state index in [1.807, 2.05) is 11.3 Å². The Morgan fingerprint density at radius 3 is 2.90 bits per heavy atom. The fraction of sp³-hybridized carbons (Fsp3) is 0.800. The summed E-state index contributed by atoms with van der Waals surface area (Å²) in [5.41, 5.74) is 1.36. The molecule has 1 aliphatic carbocycles. The maximum Gasteiger partial charge on any atom is 0.185 e. The predicted molar refractivity (Wildman–Crippen MR) is 83.7 cm³/mol. The van der Waals surface area contributed by atoms with Gasteiger partial charge in [-0.2, -0.15) is 0 Å². The summed E-state index contributed by atoms with van der Waals surface area (Å²) in [6.45, 7) is 6.01. The van der Waals surface area contributed by atoms with Crippen LogP contribution in [0.2, 0.25) is 0 Å². The smallest absolute Gasteiger partial charge is 0.185 e. The number of hydrogen-bond donors (Lipinski definition) is 1. The molecule has 5 heteroatoms. The number of hydrogen-bond acceptors (Lipinski definition) is 5. The summed E-state index contributed by atoms with van der Waals surface area (Å²) >= 11 is 1.87. The molecule has 0 amide bonds. The van der Waals surface area contributed by atoms with Gasteiger partial charge in [0, 0.05) is 31.0 Å². The Hall–Kier alpha value is -0.650. The first-order valence-electron chi connectivity index (χ1n) is 7.80. The molecular weight excluding hydrogens is 270 g/mol. The number of aromatic nitrogens is 1. The molecular formula is C15H25N3OS. The van der Waals surface area contributed by atoms with Gasteiger partial charge in [-0.3, -0.25) is 0 Å². The van der Waals surface area contributed by atoms with Crippen LogP contribution in [0.15, 0.2) is 0 Å². The van der Waals surface area contributed by atoms with E-state index in [0.717, 1.165) is 38.6 Å². The molecule has 0 spiro atoms. The molecule has 1 atom stereocenters. The lowest BCUT2D eigenvalue weighted by molar-refractivity contribution is 0.193. The highest BCUT2D eigenvalue weighted by atomic mass is 32.1. The van der Waals surface area contributed by atoms with Crippen LogP contribution in [0.3, 0.4) is 0 Å². The minimum Gasteiger partial charge on any atom is -0.379 e. The number of nitrogens with zero attached hydrogens (tertiary/aromatic N) is 2. The van der Waals surface area contributed by atoms with Crippen molar-refractivity contribution < 1.29 is 4.74 Å². The minimum atomic E-state index is 0.504. The molecule has 112 valence electrons. The molecule has 1 unspecified atom stereocenters. The van der Waals surface area contributed by atoms with Crippen molar-refractivity contribution in [1.29, 1.82) is 0 Å². The first kappa shape index (κ1) is 14.3. The number of anilines is 1. The Kier molecular flexibility index (Phi) is 4.58. The monoisotopic (exact) mass is 295 g/mol. The highest BCUT2D eigenvalue weighted by Crippen LogP contribution is 2.44. The second-order valence-electron chi connectivity index (χ2n) is 5.88. The highest BCUT2D eigenvalue weighted by molar-refractivity contribution is 7.15. The van der Waals surface area contributed by atoms with E-state index in [-0.39, 0.29) is 0 Å². The third-order valence-corrected chi connectivity index (χ3v) is 5.31. The van der Waals surface area contributed by atoms with Crippen molar-refractivity contribution >= 4 is 16.5 Å². The molecule has 1 aliphatic heterocycles. The fourth-order valence-corrected chi connectivity index (χ4v) is 3.81. The Morgan fingerprint density at radius 1 is 1.40 bits per heavy atom. The third kappa shape index (κ3) is 3.15. The molecule has 2 heterocycles. The number of likely N-dealkylation sites (N-methyl/N-ethyl adjacent to an activating group) is 1. The van der Waals surface area contributed by atoms with Gasteiger partial charge in [0.2, 0.25) is 0 Å². The van der Waals surface area contributed by atoms with Crippen LogP contribution in [0.5, 0.6) is 0 Å². The normalized spacial score (nSPS) is 22.4. The van der Waals surface area contributed by atoms with E-state index in [9.17, 15) is 0 Å². The van der Waals surface area contributed by atoms with Gasteiger partial charge in [-0.05, 0) is 32.2 Å². The molecule has 3 rings (SSSR count). The first-order chi connectivity index (χ1) is 9.79. The quantitative estimate of drug-likeness (QED) is 0.785. The zero-order valence-corrected chi connectivity index (χ0v) is 13.3. The maximum atomic E-state index is 5.50. The van der Waals surface area contributed by atoms with Gasteiger partial charge in [-0.15, -0.1) is 11.3 Å². The number of ether oxygens (including phenoxy) is 1. The van der Waals surface area contributed by atoms with Crippen molar-refractivity contribution in [2.75, 3.05) is 31.7 Å². The van der Waals surface area contributed by atoms with Crippen molar-refractivity contribution in [3.8, 4) is 0 Å². The van der Waals surface area contributed by atoms with Crippen LogP contribution in [-0.2, 0) is 11.3 Å². The minimum absolute atomic E-state index is 0.504. The molecule has 1 aromatic rings. The summed E-state index contributed by atoms with van der Waals surface area (Å²) in [5.74, 6) is 0.728. The molecule has 1 saturated carbocycles. The summed E-state index contributed by atoms with van der Waals surface area (Å²) in [5, 5.41) is 4.70. The van der Waals surface area contributed by atoms with E-state index < -0.39 is 0 Å². The SMILES string of the molecule is CCCNCc1sc(N(C)C2CCOC2)nc1C1CC1. The maximum absolute atomic E-state index is 5.50. The molecule has 0 bridgehead atoms. The van der Waals surface area contributed by atoms with E-state index in [1.54, 1.807) is 0 Å². The summed E-state index contributed by atoms with van der Waals surface area (Å²) in [6, 6.07) is 0.504. The van der Waals surface area contributed by atoms with Gasteiger partial charge in [0.1, 0.15) is 0 Å². The number of nitrogens with one attached hydrogen (secondary N) is 1. The average Bonchev–Trinajstić information content (AvgIpc) is 3.01. The Bertz CT molecular complexity index is 438. The summed E-state index contributed by atoms with van der Waals surface area (Å²) in [4.78, 5) is 8.72. The molecule has 1 saturated heterocycles. The number of rotatable bonds is 7. The van der Waals surface area contributed by atoms with Gasteiger partial charge in [0.05, 0.1) is 18.3 Å². The lowest BCUT2D eigenvalue weighted by atomic mass is 10.2. The fourth-order valence-electron chi connectivity index (χ4n) is 2.67. The topological polar surface area (TPSA) is 37.4 Å². The van der Waals surface area contributed by atoms with E-state index in [2.05, 4.69) is 24.2 Å². The molecule has 4 nitrogen and oxygen atoms in total. The van der Waals surface area contributed by atoms with Crippen LogP contribution in [0, 0.1) is 0 Å². The largest absolute Gasteiger partial charge is 0.379 e. The van der Waals surface area contributed by atoms with Crippen LogP contribution in [0.25, 0.3) is 0 Å². The van der Waals surface area contributed by atoms with E-state index in [0.29, 0.717) is 6.04 Å². The molecule has 1 N–H and O–H groups in total.